The van der Waals surface area contributed by atoms with Crippen molar-refractivity contribution in [1.82, 2.24) is 15.0 Å². The number of rotatable bonds is 6. The topological polar surface area (TPSA) is 90.7 Å². The van der Waals surface area contributed by atoms with Crippen molar-refractivity contribution in [3.05, 3.63) is 41.6 Å². The molecule has 0 atom stereocenters. The zero-order valence-electron chi connectivity index (χ0n) is 15.7. The second-order valence-electron chi connectivity index (χ2n) is 6.85. The van der Waals surface area contributed by atoms with Gasteiger partial charge in [-0.15, -0.1) is 0 Å². The molecule has 2 aromatic rings. The van der Waals surface area contributed by atoms with E-state index in [1.807, 2.05) is 31.2 Å². The molecule has 0 aliphatic carbocycles. The van der Waals surface area contributed by atoms with Gasteiger partial charge in [0.15, 0.2) is 0 Å². The average Bonchev–Trinajstić information content (AvgIpc) is 3.03. The lowest BCUT2D eigenvalue weighted by molar-refractivity contribution is -0.120. The largest absolute Gasteiger partial charge is 0.338 e. The van der Waals surface area contributed by atoms with E-state index in [0.717, 1.165) is 43.1 Å². The minimum atomic E-state index is -0.128. The normalized spacial score (nSPS) is 15.5. The third-order valence-electron chi connectivity index (χ3n) is 4.43. The van der Waals surface area contributed by atoms with E-state index in [4.69, 9.17) is 4.52 Å². The summed E-state index contributed by atoms with van der Waals surface area (Å²) < 4.78 is 4.99. The second-order valence-corrected chi connectivity index (χ2v) is 6.85. The highest BCUT2D eigenvalue weighted by Crippen LogP contribution is 2.10. The van der Waals surface area contributed by atoms with E-state index in [2.05, 4.69) is 25.6 Å². The first-order valence-electron chi connectivity index (χ1n) is 9.02. The van der Waals surface area contributed by atoms with Gasteiger partial charge in [0.2, 0.25) is 17.7 Å². The number of benzene rings is 1. The van der Waals surface area contributed by atoms with Gasteiger partial charge in [0.05, 0.1) is 18.8 Å². The number of hydrogen-bond acceptors (Lipinski definition) is 6. The molecule has 1 aromatic carbocycles. The number of amides is 2. The Morgan fingerprint density at radius 1 is 0.963 bits per heavy atom. The van der Waals surface area contributed by atoms with Crippen LogP contribution in [-0.4, -0.2) is 66.0 Å². The van der Waals surface area contributed by atoms with E-state index in [9.17, 15) is 9.59 Å². The number of piperazine rings is 1. The van der Waals surface area contributed by atoms with Gasteiger partial charge in [-0.2, -0.15) is 0 Å². The van der Waals surface area contributed by atoms with Crippen molar-refractivity contribution in [2.75, 3.05) is 49.9 Å². The maximum absolute atomic E-state index is 12.2. The molecule has 0 spiro atoms. The molecule has 1 fully saturated rings. The minimum absolute atomic E-state index is 0.0225. The van der Waals surface area contributed by atoms with Crippen LogP contribution in [-0.2, 0) is 9.59 Å². The first-order chi connectivity index (χ1) is 13.0. The molecule has 8 heteroatoms. The van der Waals surface area contributed by atoms with Gasteiger partial charge in [-0.25, -0.2) is 0 Å². The Morgan fingerprint density at radius 2 is 1.52 bits per heavy atom. The zero-order valence-corrected chi connectivity index (χ0v) is 15.7. The summed E-state index contributed by atoms with van der Waals surface area (Å²) >= 11 is 0. The van der Waals surface area contributed by atoms with Crippen LogP contribution >= 0.6 is 0 Å². The molecule has 27 heavy (non-hydrogen) atoms. The summed E-state index contributed by atoms with van der Waals surface area (Å²) in [6, 6.07) is 9.43. The fourth-order valence-corrected chi connectivity index (χ4v) is 2.95. The first kappa shape index (κ1) is 19.1. The number of carbonyl (C=O) groups excluding carboxylic acids is 2. The molecule has 0 bridgehead atoms. The lowest BCUT2D eigenvalue weighted by Crippen LogP contribution is -2.50. The van der Waals surface area contributed by atoms with Gasteiger partial charge in [-0.1, -0.05) is 22.9 Å². The maximum atomic E-state index is 12.2. The molecule has 1 saturated heterocycles. The van der Waals surface area contributed by atoms with E-state index in [0.29, 0.717) is 19.0 Å². The average molecular weight is 371 g/mol. The van der Waals surface area contributed by atoms with Crippen molar-refractivity contribution in [3.8, 4) is 0 Å². The Balaban J connectivity index is 1.37. The molecule has 2 N–H and O–H groups in total. The lowest BCUT2D eigenvalue weighted by Gasteiger charge is -2.33. The van der Waals surface area contributed by atoms with Crippen LogP contribution in [0.25, 0.3) is 0 Å². The van der Waals surface area contributed by atoms with Crippen molar-refractivity contribution in [3.63, 3.8) is 0 Å². The standard InChI is InChI=1S/C19H25N5O3/c1-14-3-5-16(6-4-14)20-17(25)12-23-7-9-24(10-8-23)13-18(26)21-19-11-15(2)22-27-19/h3-6,11H,7-10,12-13H2,1-2H3,(H,20,25)(H,21,26). The SMILES string of the molecule is Cc1ccc(NC(=O)CN2CCN(CC(=O)Nc3cc(C)no3)CC2)cc1. The third-order valence-corrected chi connectivity index (χ3v) is 4.43. The predicted molar refractivity (Wildman–Crippen MR) is 103 cm³/mol. The van der Waals surface area contributed by atoms with Gasteiger partial charge in [0.1, 0.15) is 0 Å². The Bertz CT molecular complexity index is 779. The smallest absolute Gasteiger partial charge is 0.240 e. The fraction of sp³-hybridized carbons (Fsp3) is 0.421. The minimum Gasteiger partial charge on any atom is -0.338 e. The van der Waals surface area contributed by atoms with Crippen LogP contribution in [0.15, 0.2) is 34.9 Å². The number of aryl methyl sites for hydroxylation is 2. The van der Waals surface area contributed by atoms with E-state index < -0.39 is 0 Å². The molecule has 3 rings (SSSR count). The van der Waals surface area contributed by atoms with Gasteiger partial charge in [0.25, 0.3) is 0 Å². The quantitative estimate of drug-likeness (QED) is 0.799. The number of nitrogens with one attached hydrogen (secondary N) is 2. The van der Waals surface area contributed by atoms with E-state index in [1.165, 1.54) is 0 Å². The van der Waals surface area contributed by atoms with Crippen LogP contribution in [0.2, 0.25) is 0 Å². The second kappa shape index (κ2) is 8.79. The molecule has 1 aliphatic rings. The molecule has 2 heterocycles. The van der Waals surface area contributed by atoms with E-state index >= 15 is 0 Å². The summed E-state index contributed by atoms with van der Waals surface area (Å²) in [6.07, 6.45) is 0. The Hall–Kier alpha value is -2.71. The monoisotopic (exact) mass is 371 g/mol. The highest BCUT2D eigenvalue weighted by Gasteiger charge is 2.21. The van der Waals surface area contributed by atoms with Crippen molar-refractivity contribution in [2.45, 2.75) is 13.8 Å². The number of anilines is 2. The van der Waals surface area contributed by atoms with Gasteiger partial charge in [-0.3, -0.25) is 24.7 Å². The summed E-state index contributed by atoms with van der Waals surface area (Å²) in [5.74, 6) is 0.214. The molecule has 1 aliphatic heterocycles. The van der Waals surface area contributed by atoms with Crippen LogP contribution < -0.4 is 10.6 Å². The molecule has 144 valence electrons. The van der Waals surface area contributed by atoms with Crippen LogP contribution in [0, 0.1) is 13.8 Å². The van der Waals surface area contributed by atoms with Crippen LogP contribution in [0.5, 0.6) is 0 Å². The number of carbonyl (C=O) groups is 2. The summed E-state index contributed by atoms with van der Waals surface area (Å²) in [4.78, 5) is 28.4. The first-order valence-corrected chi connectivity index (χ1v) is 9.02. The predicted octanol–water partition coefficient (Wildman–Crippen LogP) is 1.49. The van der Waals surface area contributed by atoms with Gasteiger partial charge >= 0.3 is 0 Å². The van der Waals surface area contributed by atoms with Gasteiger partial charge in [-0.05, 0) is 26.0 Å². The Labute approximate surface area is 158 Å². The summed E-state index contributed by atoms with van der Waals surface area (Å²) in [5, 5.41) is 9.35. The molecular formula is C19H25N5O3. The van der Waals surface area contributed by atoms with Gasteiger partial charge in [0, 0.05) is 37.9 Å². The third kappa shape index (κ3) is 5.90. The van der Waals surface area contributed by atoms with Crippen molar-refractivity contribution < 1.29 is 14.1 Å². The Morgan fingerprint density at radius 3 is 2.04 bits per heavy atom. The van der Waals surface area contributed by atoms with E-state index in [1.54, 1.807) is 13.0 Å². The highest BCUT2D eigenvalue weighted by molar-refractivity contribution is 5.92. The Kier molecular flexibility index (Phi) is 6.20. The van der Waals surface area contributed by atoms with Gasteiger partial charge < -0.3 is 9.84 Å². The number of hydrogen-bond donors (Lipinski definition) is 2. The van der Waals surface area contributed by atoms with Crippen LogP contribution in [0.3, 0.4) is 0 Å². The fourth-order valence-electron chi connectivity index (χ4n) is 2.95. The van der Waals surface area contributed by atoms with Crippen molar-refractivity contribution >= 4 is 23.4 Å². The molecule has 8 nitrogen and oxygen atoms in total. The van der Waals surface area contributed by atoms with Crippen LogP contribution in [0.4, 0.5) is 11.6 Å². The van der Waals surface area contributed by atoms with Crippen molar-refractivity contribution in [1.29, 1.82) is 0 Å². The molecule has 0 saturated carbocycles. The molecule has 2 amide bonds. The van der Waals surface area contributed by atoms with Crippen molar-refractivity contribution in [2.24, 2.45) is 0 Å². The van der Waals surface area contributed by atoms with E-state index in [-0.39, 0.29) is 11.8 Å². The molecule has 1 aromatic heterocycles. The number of nitrogens with zero attached hydrogens (tertiary/aromatic N) is 3. The summed E-state index contributed by atoms with van der Waals surface area (Å²) in [6.45, 7) is 7.42. The van der Waals surface area contributed by atoms with Crippen LogP contribution in [0.1, 0.15) is 11.3 Å². The molecular weight excluding hydrogens is 346 g/mol. The number of aromatic nitrogens is 1. The lowest BCUT2D eigenvalue weighted by atomic mass is 10.2. The molecule has 0 radical (unpaired) electrons. The summed E-state index contributed by atoms with van der Waals surface area (Å²) in [7, 11) is 0. The molecule has 0 unspecified atom stereocenters. The summed E-state index contributed by atoms with van der Waals surface area (Å²) in [5.41, 5.74) is 2.69. The highest BCUT2D eigenvalue weighted by atomic mass is 16.5. The zero-order chi connectivity index (χ0) is 19.2. The maximum Gasteiger partial charge on any atom is 0.240 e.